The Balaban J connectivity index is 1.93. The molecular weight excluding hydrogens is 246 g/mol. The zero-order valence-corrected chi connectivity index (χ0v) is 11.4. The summed E-state index contributed by atoms with van der Waals surface area (Å²) < 4.78 is 0. The van der Waals surface area contributed by atoms with Gasteiger partial charge >= 0.3 is 5.97 Å². The van der Waals surface area contributed by atoms with E-state index < -0.39 is 5.97 Å². The Kier molecular flexibility index (Phi) is 4.66. The average molecular weight is 265 g/mol. The molecule has 0 aliphatic carbocycles. The van der Waals surface area contributed by atoms with Crippen LogP contribution < -0.4 is 0 Å². The van der Waals surface area contributed by atoms with Crippen LogP contribution in [0.4, 0.5) is 0 Å². The predicted octanol–water partition coefficient (Wildman–Crippen LogP) is 2.71. The summed E-state index contributed by atoms with van der Waals surface area (Å²) in [5.74, 6) is 1.64. The highest BCUT2D eigenvalue weighted by Gasteiger charge is 2.18. The molecule has 1 fully saturated rings. The minimum Gasteiger partial charge on any atom is -0.478 e. The van der Waals surface area contributed by atoms with E-state index in [4.69, 9.17) is 5.11 Å². The lowest BCUT2D eigenvalue weighted by atomic mass is 10.1. The highest BCUT2D eigenvalue weighted by Crippen LogP contribution is 2.22. The van der Waals surface area contributed by atoms with Crippen LogP contribution in [-0.4, -0.2) is 40.6 Å². The van der Waals surface area contributed by atoms with E-state index in [9.17, 15) is 4.79 Å². The molecule has 2 rings (SSSR count). The quantitative estimate of drug-likeness (QED) is 0.908. The Labute approximate surface area is 112 Å². The van der Waals surface area contributed by atoms with E-state index >= 15 is 0 Å². The summed E-state index contributed by atoms with van der Waals surface area (Å²) >= 11 is 2.03. The molecule has 1 unspecified atom stereocenters. The van der Waals surface area contributed by atoms with Gasteiger partial charge in [-0.1, -0.05) is 12.1 Å². The fourth-order valence-electron chi connectivity index (χ4n) is 2.24. The molecule has 0 aromatic heterocycles. The first-order valence-corrected chi connectivity index (χ1v) is 7.42. The molecule has 1 heterocycles. The van der Waals surface area contributed by atoms with Crippen LogP contribution in [0.3, 0.4) is 0 Å². The number of hydrogen-bond acceptors (Lipinski definition) is 3. The summed E-state index contributed by atoms with van der Waals surface area (Å²) in [6.45, 7) is 0.894. The molecule has 1 N–H and O–H groups in total. The third-order valence-electron chi connectivity index (χ3n) is 3.39. The zero-order valence-electron chi connectivity index (χ0n) is 10.6. The van der Waals surface area contributed by atoms with Gasteiger partial charge in [-0.25, -0.2) is 4.79 Å². The first kappa shape index (κ1) is 13.4. The van der Waals surface area contributed by atoms with Crippen molar-refractivity contribution in [2.45, 2.75) is 25.4 Å². The third kappa shape index (κ3) is 3.50. The number of carboxylic acid groups (broad SMARTS) is 1. The molecular formula is C14H19NO2S. The molecule has 98 valence electrons. The summed E-state index contributed by atoms with van der Waals surface area (Å²) in [6.07, 6.45) is 2.58. The lowest BCUT2D eigenvalue weighted by molar-refractivity contribution is 0.0697. The molecule has 1 aliphatic rings. The van der Waals surface area contributed by atoms with Crippen molar-refractivity contribution >= 4 is 17.7 Å². The first-order chi connectivity index (χ1) is 8.66. The molecule has 18 heavy (non-hydrogen) atoms. The van der Waals surface area contributed by atoms with Crippen LogP contribution in [0, 0.1) is 0 Å². The van der Waals surface area contributed by atoms with E-state index in [2.05, 4.69) is 11.9 Å². The van der Waals surface area contributed by atoms with Gasteiger partial charge in [-0.05, 0) is 43.3 Å². The molecule has 3 nitrogen and oxygen atoms in total. The van der Waals surface area contributed by atoms with Crippen molar-refractivity contribution in [3.05, 3.63) is 35.4 Å². The van der Waals surface area contributed by atoms with Crippen molar-refractivity contribution in [1.29, 1.82) is 0 Å². The van der Waals surface area contributed by atoms with Crippen LogP contribution in [-0.2, 0) is 6.54 Å². The van der Waals surface area contributed by atoms with Crippen molar-refractivity contribution in [2.75, 3.05) is 18.6 Å². The number of nitrogens with zero attached hydrogens (tertiary/aromatic N) is 1. The molecule has 1 aromatic carbocycles. The van der Waals surface area contributed by atoms with Gasteiger partial charge in [0, 0.05) is 18.3 Å². The Bertz CT molecular complexity index is 399. The fourth-order valence-corrected chi connectivity index (χ4v) is 3.47. The molecule has 0 spiro atoms. The number of benzene rings is 1. The molecule has 0 saturated carbocycles. The summed E-state index contributed by atoms with van der Waals surface area (Å²) in [6, 6.07) is 7.84. The Hall–Kier alpha value is -1.00. The molecule has 1 atom stereocenters. The lowest BCUT2D eigenvalue weighted by Gasteiger charge is -2.30. The van der Waals surface area contributed by atoms with Crippen LogP contribution in [0.1, 0.15) is 28.8 Å². The van der Waals surface area contributed by atoms with Gasteiger partial charge in [0.1, 0.15) is 0 Å². The fraction of sp³-hybridized carbons (Fsp3) is 0.500. The second-order valence-corrected chi connectivity index (χ2v) is 5.94. The number of carbonyl (C=O) groups is 1. The van der Waals surface area contributed by atoms with Crippen LogP contribution in [0.15, 0.2) is 24.3 Å². The predicted molar refractivity (Wildman–Crippen MR) is 75.2 cm³/mol. The molecule has 0 amide bonds. The Morgan fingerprint density at radius 2 is 2.17 bits per heavy atom. The number of thioether (sulfide) groups is 1. The molecule has 4 heteroatoms. The van der Waals surface area contributed by atoms with Crippen LogP contribution in [0.25, 0.3) is 0 Å². The molecule has 1 aromatic rings. The second kappa shape index (κ2) is 6.25. The van der Waals surface area contributed by atoms with E-state index in [-0.39, 0.29) is 0 Å². The standard InChI is InChI=1S/C14H19NO2S/c1-15(13-3-2-8-18-10-13)9-11-4-6-12(7-5-11)14(16)17/h4-7,13H,2-3,8-10H2,1H3,(H,16,17). The number of hydrogen-bond donors (Lipinski definition) is 1. The van der Waals surface area contributed by atoms with Gasteiger partial charge in [0.2, 0.25) is 0 Å². The van der Waals surface area contributed by atoms with E-state index in [0.29, 0.717) is 11.6 Å². The van der Waals surface area contributed by atoms with Gasteiger partial charge in [0.25, 0.3) is 0 Å². The first-order valence-electron chi connectivity index (χ1n) is 6.27. The SMILES string of the molecule is CN(Cc1ccc(C(=O)O)cc1)C1CCCSC1. The molecule has 0 bridgehead atoms. The average Bonchev–Trinajstić information content (AvgIpc) is 2.40. The van der Waals surface area contributed by atoms with Gasteiger partial charge in [0.15, 0.2) is 0 Å². The number of carboxylic acids is 1. The van der Waals surface area contributed by atoms with E-state index in [1.54, 1.807) is 12.1 Å². The maximum Gasteiger partial charge on any atom is 0.335 e. The molecule has 1 aliphatic heterocycles. The highest BCUT2D eigenvalue weighted by molar-refractivity contribution is 7.99. The minimum atomic E-state index is -0.862. The minimum absolute atomic E-state index is 0.356. The van der Waals surface area contributed by atoms with Gasteiger partial charge in [-0.15, -0.1) is 0 Å². The van der Waals surface area contributed by atoms with Crippen LogP contribution in [0.5, 0.6) is 0 Å². The van der Waals surface area contributed by atoms with Crippen molar-refractivity contribution < 1.29 is 9.90 Å². The topological polar surface area (TPSA) is 40.5 Å². The monoisotopic (exact) mass is 265 g/mol. The summed E-state index contributed by atoms with van der Waals surface area (Å²) in [7, 11) is 2.15. The number of rotatable bonds is 4. The smallest absolute Gasteiger partial charge is 0.335 e. The van der Waals surface area contributed by atoms with Crippen LogP contribution in [0.2, 0.25) is 0 Å². The third-order valence-corrected chi connectivity index (χ3v) is 4.59. The Morgan fingerprint density at radius 3 is 2.72 bits per heavy atom. The van der Waals surface area contributed by atoms with Crippen molar-refractivity contribution in [3.8, 4) is 0 Å². The van der Waals surface area contributed by atoms with Crippen molar-refractivity contribution in [1.82, 2.24) is 4.90 Å². The van der Waals surface area contributed by atoms with Gasteiger partial charge in [0.05, 0.1) is 5.56 Å². The maximum atomic E-state index is 10.8. The van der Waals surface area contributed by atoms with E-state index in [1.807, 2.05) is 23.9 Å². The second-order valence-electron chi connectivity index (χ2n) is 4.79. The summed E-state index contributed by atoms with van der Waals surface area (Å²) in [5.41, 5.74) is 1.53. The van der Waals surface area contributed by atoms with Crippen LogP contribution >= 0.6 is 11.8 Å². The largest absolute Gasteiger partial charge is 0.478 e. The normalized spacial score (nSPS) is 20.0. The van der Waals surface area contributed by atoms with Gasteiger partial charge in [-0.2, -0.15) is 11.8 Å². The van der Waals surface area contributed by atoms with Gasteiger partial charge in [-0.3, -0.25) is 4.90 Å². The summed E-state index contributed by atoms with van der Waals surface area (Å²) in [5, 5.41) is 8.85. The van der Waals surface area contributed by atoms with Crippen molar-refractivity contribution in [3.63, 3.8) is 0 Å². The zero-order chi connectivity index (χ0) is 13.0. The van der Waals surface area contributed by atoms with Crippen molar-refractivity contribution in [2.24, 2.45) is 0 Å². The van der Waals surface area contributed by atoms with Gasteiger partial charge < -0.3 is 5.11 Å². The van der Waals surface area contributed by atoms with E-state index in [1.165, 1.54) is 29.9 Å². The Morgan fingerprint density at radius 1 is 1.44 bits per heavy atom. The lowest BCUT2D eigenvalue weighted by Crippen LogP contribution is -2.35. The maximum absolute atomic E-state index is 10.8. The number of aromatic carboxylic acids is 1. The molecule has 0 radical (unpaired) electrons. The van der Waals surface area contributed by atoms with E-state index in [0.717, 1.165) is 6.54 Å². The highest BCUT2D eigenvalue weighted by atomic mass is 32.2. The summed E-state index contributed by atoms with van der Waals surface area (Å²) in [4.78, 5) is 13.1. The molecule has 1 saturated heterocycles.